The average Bonchev–Trinajstić information content (AvgIpc) is 3.33. The maximum Gasteiger partial charge on any atom is 0.293 e. The number of amides is 1. The van der Waals surface area contributed by atoms with Crippen molar-refractivity contribution in [3.05, 3.63) is 45.8 Å². The Bertz CT molecular complexity index is 1070. The van der Waals surface area contributed by atoms with Gasteiger partial charge >= 0.3 is 0 Å². The summed E-state index contributed by atoms with van der Waals surface area (Å²) >= 11 is 0. The van der Waals surface area contributed by atoms with E-state index in [4.69, 9.17) is 5.73 Å². The standard InChI is InChI=1S/C20H27N9O2/c1-6-28(7-2)11-16-17(23-27-29(16)19-18(21)25-31-26-19)20(30)24-22-10-15-13(4)8-12(3)9-14(15)5/h8-10H,6-7,11H2,1-5H3,(H2,21,25)(H,24,30)/b22-10+. The van der Waals surface area contributed by atoms with Crippen LogP contribution >= 0.6 is 0 Å². The van der Waals surface area contributed by atoms with Gasteiger partial charge in [0.2, 0.25) is 11.6 Å². The van der Waals surface area contributed by atoms with E-state index in [9.17, 15) is 4.79 Å². The summed E-state index contributed by atoms with van der Waals surface area (Å²) in [5.41, 5.74) is 13.3. The third kappa shape index (κ3) is 4.77. The molecule has 3 rings (SSSR count). The summed E-state index contributed by atoms with van der Waals surface area (Å²) in [6, 6.07) is 4.14. The van der Waals surface area contributed by atoms with Crippen LogP contribution in [0.4, 0.5) is 5.82 Å². The molecule has 11 heteroatoms. The zero-order chi connectivity index (χ0) is 22.5. The van der Waals surface area contributed by atoms with Crippen LogP contribution in [-0.2, 0) is 6.54 Å². The number of aromatic nitrogens is 5. The van der Waals surface area contributed by atoms with E-state index in [1.54, 1.807) is 6.21 Å². The van der Waals surface area contributed by atoms with E-state index in [1.807, 2.05) is 34.6 Å². The number of nitrogens with zero attached hydrogens (tertiary/aromatic N) is 7. The van der Waals surface area contributed by atoms with Gasteiger partial charge in [0.05, 0.1) is 11.9 Å². The third-order valence-electron chi connectivity index (χ3n) is 5.04. The molecule has 1 aromatic carbocycles. The molecule has 0 bridgehead atoms. The van der Waals surface area contributed by atoms with Crippen LogP contribution in [0.15, 0.2) is 21.9 Å². The van der Waals surface area contributed by atoms with E-state index in [0.717, 1.165) is 29.8 Å². The number of carbonyl (C=O) groups excluding carboxylic acids is 1. The van der Waals surface area contributed by atoms with Crippen molar-refractivity contribution in [2.75, 3.05) is 18.8 Å². The number of carbonyl (C=O) groups is 1. The summed E-state index contributed by atoms with van der Waals surface area (Å²) in [5, 5.41) is 19.6. The van der Waals surface area contributed by atoms with E-state index in [-0.39, 0.29) is 17.3 Å². The summed E-state index contributed by atoms with van der Waals surface area (Å²) in [6.45, 7) is 12.1. The van der Waals surface area contributed by atoms with Crippen molar-refractivity contribution in [1.82, 2.24) is 35.6 Å². The Morgan fingerprint density at radius 3 is 2.48 bits per heavy atom. The number of benzene rings is 1. The highest BCUT2D eigenvalue weighted by molar-refractivity contribution is 5.94. The van der Waals surface area contributed by atoms with Crippen LogP contribution in [0.3, 0.4) is 0 Å². The second-order valence-electron chi connectivity index (χ2n) is 7.24. The molecular formula is C20H27N9O2. The maximum atomic E-state index is 12.9. The number of hydrogen-bond donors (Lipinski definition) is 2. The summed E-state index contributed by atoms with van der Waals surface area (Å²) < 4.78 is 6.05. The van der Waals surface area contributed by atoms with Gasteiger partial charge in [-0.05, 0) is 55.3 Å². The van der Waals surface area contributed by atoms with Crippen molar-refractivity contribution in [1.29, 1.82) is 0 Å². The van der Waals surface area contributed by atoms with Crippen LogP contribution in [0.2, 0.25) is 0 Å². The highest BCUT2D eigenvalue weighted by Gasteiger charge is 2.25. The molecule has 0 spiro atoms. The molecule has 0 aliphatic heterocycles. The van der Waals surface area contributed by atoms with Gasteiger partial charge < -0.3 is 5.73 Å². The van der Waals surface area contributed by atoms with E-state index >= 15 is 0 Å². The topological polar surface area (TPSA) is 140 Å². The fourth-order valence-corrected chi connectivity index (χ4v) is 3.39. The first-order valence-electron chi connectivity index (χ1n) is 10.0. The van der Waals surface area contributed by atoms with E-state index in [0.29, 0.717) is 12.2 Å². The van der Waals surface area contributed by atoms with Gasteiger partial charge in [-0.2, -0.15) is 9.78 Å². The summed E-state index contributed by atoms with van der Waals surface area (Å²) in [4.78, 5) is 15.0. The third-order valence-corrected chi connectivity index (χ3v) is 5.04. The lowest BCUT2D eigenvalue weighted by Gasteiger charge is -2.18. The van der Waals surface area contributed by atoms with Crippen LogP contribution in [0.5, 0.6) is 0 Å². The van der Waals surface area contributed by atoms with Crippen molar-refractivity contribution in [3.63, 3.8) is 0 Å². The maximum absolute atomic E-state index is 12.9. The molecule has 11 nitrogen and oxygen atoms in total. The molecule has 2 aromatic heterocycles. The monoisotopic (exact) mass is 425 g/mol. The van der Waals surface area contributed by atoms with Crippen molar-refractivity contribution in [2.24, 2.45) is 5.10 Å². The van der Waals surface area contributed by atoms with E-state index in [2.05, 4.69) is 52.8 Å². The fourth-order valence-electron chi connectivity index (χ4n) is 3.39. The van der Waals surface area contributed by atoms with Gasteiger partial charge in [0.25, 0.3) is 5.91 Å². The zero-order valence-electron chi connectivity index (χ0n) is 18.4. The molecule has 31 heavy (non-hydrogen) atoms. The Morgan fingerprint density at radius 1 is 1.23 bits per heavy atom. The number of hydrazone groups is 1. The Kier molecular flexibility index (Phi) is 6.75. The van der Waals surface area contributed by atoms with Crippen molar-refractivity contribution >= 4 is 17.9 Å². The molecule has 2 heterocycles. The minimum Gasteiger partial charge on any atom is -0.378 e. The van der Waals surface area contributed by atoms with Crippen LogP contribution in [0, 0.1) is 20.8 Å². The van der Waals surface area contributed by atoms with Crippen molar-refractivity contribution < 1.29 is 9.42 Å². The normalized spacial score (nSPS) is 11.5. The highest BCUT2D eigenvalue weighted by Crippen LogP contribution is 2.18. The Balaban J connectivity index is 1.88. The van der Waals surface area contributed by atoms with Crippen LogP contribution < -0.4 is 11.2 Å². The number of nitrogens with two attached hydrogens (primary N) is 1. The first-order chi connectivity index (χ1) is 14.8. The number of nitrogen functional groups attached to an aromatic ring is 1. The first kappa shape index (κ1) is 22.1. The first-order valence-corrected chi connectivity index (χ1v) is 10.0. The lowest BCUT2D eigenvalue weighted by Crippen LogP contribution is -2.27. The van der Waals surface area contributed by atoms with Gasteiger partial charge in [-0.25, -0.2) is 10.1 Å². The van der Waals surface area contributed by atoms with Gasteiger partial charge in [-0.1, -0.05) is 36.8 Å². The largest absolute Gasteiger partial charge is 0.378 e. The molecule has 0 aliphatic carbocycles. The summed E-state index contributed by atoms with van der Waals surface area (Å²) in [7, 11) is 0. The van der Waals surface area contributed by atoms with E-state index in [1.165, 1.54) is 10.2 Å². The number of anilines is 1. The minimum atomic E-state index is -0.484. The molecule has 0 saturated heterocycles. The van der Waals surface area contributed by atoms with Crippen LogP contribution in [0.25, 0.3) is 5.82 Å². The molecule has 0 unspecified atom stereocenters. The SMILES string of the molecule is CCN(CC)Cc1c(C(=O)N/N=C/c2c(C)cc(C)cc2C)nnn1-c1nonc1N. The number of aryl methyl sites for hydroxylation is 3. The second kappa shape index (κ2) is 9.47. The molecule has 164 valence electrons. The van der Waals surface area contributed by atoms with E-state index < -0.39 is 5.91 Å². The number of hydrogen-bond acceptors (Lipinski definition) is 9. The summed E-state index contributed by atoms with van der Waals surface area (Å²) in [5.74, 6) is -0.244. The lowest BCUT2D eigenvalue weighted by atomic mass is 10.0. The lowest BCUT2D eigenvalue weighted by molar-refractivity contribution is 0.0948. The Morgan fingerprint density at radius 2 is 1.90 bits per heavy atom. The second-order valence-corrected chi connectivity index (χ2v) is 7.24. The van der Waals surface area contributed by atoms with Gasteiger partial charge in [0.1, 0.15) is 0 Å². The predicted molar refractivity (Wildman–Crippen MR) is 116 cm³/mol. The fraction of sp³-hybridized carbons (Fsp3) is 0.400. The molecule has 0 fully saturated rings. The minimum absolute atomic E-state index is 0.0565. The molecule has 0 saturated carbocycles. The molecule has 3 aromatic rings. The van der Waals surface area contributed by atoms with Gasteiger partial charge in [-0.3, -0.25) is 9.69 Å². The van der Waals surface area contributed by atoms with Crippen LogP contribution in [0.1, 0.15) is 52.3 Å². The predicted octanol–water partition coefficient (Wildman–Crippen LogP) is 1.76. The molecule has 0 aliphatic rings. The highest BCUT2D eigenvalue weighted by atomic mass is 16.6. The molecule has 0 atom stereocenters. The smallest absolute Gasteiger partial charge is 0.293 e. The number of nitrogens with one attached hydrogen (secondary N) is 1. The molecule has 1 amide bonds. The van der Waals surface area contributed by atoms with Gasteiger partial charge in [0.15, 0.2) is 5.69 Å². The van der Waals surface area contributed by atoms with Crippen molar-refractivity contribution in [3.8, 4) is 5.82 Å². The number of rotatable bonds is 8. The van der Waals surface area contributed by atoms with Gasteiger partial charge in [-0.15, -0.1) is 5.10 Å². The Hall–Kier alpha value is -3.60. The van der Waals surface area contributed by atoms with Crippen LogP contribution in [-0.4, -0.2) is 55.4 Å². The zero-order valence-corrected chi connectivity index (χ0v) is 18.4. The molecule has 3 N–H and O–H groups in total. The average molecular weight is 425 g/mol. The van der Waals surface area contributed by atoms with Gasteiger partial charge in [0, 0.05) is 12.1 Å². The Labute approximate surface area is 180 Å². The molecule has 0 radical (unpaired) electrons. The quantitative estimate of drug-likeness (QED) is 0.411. The molecular weight excluding hydrogens is 398 g/mol. The summed E-state index contributed by atoms with van der Waals surface area (Å²) in [6.07, 6.45) is 1.63. The van der Waals surface area contributed by atoms with Crippen molar-refractivity contribution in [2.45, 2.75) is 41.2 Å².